The maximum Gasteiger partial charge on any atom is 0.255 e. The number of hydrogen-bond acceptors (Lipinski definition) is 4. The van der Waals surface area contributed by atoms with Gasteiger partial charge in [0.05, 0.1) is 11.3 Å². The van der Waals surface area contributed by atoms with Crippen LogP contribution in [0.5, 0.6) is 0 Å². The van der Waals surface area contributed by atoms with Gasteiger partial charge in [-0.1, -0.05) is 26.0 Å². The highest BCUT2D eigenvalue weighted by Crippen LogP contribution is 2.24. The zero-order valence-electron chi connectivity index (χ0n) is 17.5. The topological polar surface area (TPSA) is 48.5 Å². The Hall–Kier alpha value is -2.56. The highest BCUT2D eigenvalue weighted by molar-refractivity contribution is 5.95. The molecule has 150 valence electrons. The number of amides is 1. The summed E-state index contributed by atoms with van der Waals surface area (Å²) in [4.78, 5) is 21.5. The SMILES string of the molecule is Cc1cccc(N2CCN(C(=O)c3cncc(NCCC(C)C)c3)CC2)c1C. The third-order valence-corrected chi connectivity index (χ3v) is 5.52. The number of hydrogen-bond donors (Lipinski definition) is 1. The molecular formula is C23H32N4O. The van der Waals surface area contributed by atoms with E-state index in [1.165, 1.54) is 16.8 Å². The zero-order valence-corrected chi connectivity index (χ0v) is 17.5. The third kappa shape index (κ3) is 4.83. The molecule has 5 heteroatoms. The van der Waals surface area contributed by atoms with E-state index in [0.29, 0.717) is 11.5 Å². The Labute approximate surface area is 168 Å². The van der Waals surface area contributed by atoms with Crippen molar-refractivity contribution >= 4 is 17.3 Å². The molecule has 1 N–H and O–H groups in total. The van der Waals surface area contributed by atoms with Crippen molar-refractivity contribution in [1.82, 2.24) is 9.88 Å². The number of piperazine rings is 1. The Bertz CT molecular complexity index is 810. The first-order chi connectivity index (χ1) is 13.5. The Morgan fingerprint density at radius 1 is 1.14 bits per heavy atom. The molecule has 5 nitrogen and oxygen atoms in total. The lowest BCUT2D eigenvalue weighted by molar-refractivity contribution is 0.0746. The van der Waals surface area contributed by atoms with Crippen molar-refractivity contribution in [3.05, 3.63) is 53.3 Å². The largest absolute Gasteiger partial charge is 0.384 e. The summed E-state index contributed by atoms with van der Waals surface area (Å²) in [5, 5.41) is 3.37. The van der Waals surface area contributed by atoms with Crippen LogP contribution in [0.4, 0.5) is 11.4 Å². The van der Waals surface area contributed by atoms with Gasteiger partial charge in [-0.2, -0.15) is 0 Å². The Balaban J connectivity index is 1.60. The second-order valence-corrected chi connectivity index (χ2v) is 8.07. The predicted octanol–water partition coefficient (Wildman–Crippen LogP) is 4.12. The van der Waals surface area contributed by atoms with Gasteiger partial charge < -0.3 is 15.1 Å². The van der Waals surface area contributed by atoms with Crippen LogP contribution < -0.4 is 10.2 Å². The fourth-order valence-corrected chi connectivity index (χ4v) is 3.57. The molecule has 1 amide bonds. The monoisotopic (exact) mass is 380 g/mol. The number of nitrogens with zero attached hydrogens (tertiary/aromatic N) is 3. The second-order valence-electron chi connectivity index (χ2n) is 8.07. The summed E-state index contributed by atoms with van der Waals surface area (Å²) in [6, 6.07) is 8.36. The number of benzene rings is 1. The predicted molar refractivity (Wildman–Crippen MR) is 116 cm³/mol. The molecule has 0 spiro atoms. The van der Waals surface area contributed by atoms with E-state index in [1.807, 2.05) is 11.0 Å². The first kappa shape index (κ1) is 20.2. The Morgan fingerprint density at radius 3 is 2.61 bits per heavy atom. The summed E-state index contributed by atoms with van der Waals surface area (Å²) in [6.45, 7) is 12.8. The van der Waals surface area contributed by atoms with Crippen LogP contribution in [0.15, 0.2) is 36.7 Å². The summed E-state index contributed by atoms with van der Waals surface area (Å²) in [5.74, 6) is 0.722. The zero-order chi connectivity index (χ0) is 20.1. The van der Waals surface area contributed by atoms with Gasteiger partial charge in [0.25, 0.3) is 5.91 Å². The maximum atomic E-state index is 12.9. The Kier molecular flexibility index (Phi) is 6.55. The first-order valence-corrected chi connectivity index (χ1v) is 10.2. The van der Waals surface area contributed by atoms with E-state index in [9.17, 15) is 4.79 Å². The van der Waals surface area contributed by atoms with Gasteiger partial charge in [0.15, 0.2) is 0 Å². The number of nitrogens with one attached hydrogen (secondary N) is 1. The van der Waals surface area contributed by atoms with E-state index in [-0.39, 0.29) is 5.91 Å². The summed E-state index contributed by atoms with van der Waals surface area (Å²) in [6.07, 6.45) is 4.56. The highest BCUT2D eigenvalue weighted by atomic mass is 16.2. The van der Waals surface area contributed by atoms with Crippen molar-refractivity contribution in [2.45, 2.75) is 34.1 Å². The molecule has 0 unspecified atom stereocenters. The number of anilines is 2. The van der Waals surface area contributed by atoms with Crippen molar-refractivity contribution in [2.75, 3.05) is 42.9 Å². The second kappa shape index (κ2) is 9.09. The average Bonchev–Trinajstić information content (AvgIpc) is 2.70. The van der Waals surface area contributed by atoms with Crippen molar-refractivity contribution in [3.8, 4) is 0 Å². The van der Waals surface area contributed by atoms with Crippen molar-refractivity contribution in [2.24, 2.45) is 5.92 Å². The van der Waals surface area contributed by atoms with E-state index >= 15 is 0 Å². The Morgan fingerprint density at radius 2 is 1.89 bits per heavy atom. The van der Waals surface area contributed by atoms with E-state index < -0.39 is 0 Å². The number of aromatic nitrogens is 1. The minimum absolute atomic E-state index is 0.0700. The number of aryl methyl sites for hydroxylation is 1. The summed E-state index contributed by atoms with van der Waals surface area (Å²) >= 11 is 0. The molecule has 0 atom stereocenters. The van der Waals surface area contributed by atoms with Crippen LogP contribution in [-0.4, -0.2) is 48.5 Å². The van der Waals surface area contributed by atoms with Crippen LogP contribution in [0.1, 0.15) is 41.8 Å². The van der Waals surface area contributed by atoms with Crippen LogP contribution >= 0.6 is 0 Å². The molecule has 3 rings (SSSR count). The van der Waals surface area contributed by atoms with Gasteiger partial charge in [-0.05, 0) is 49.4 Å². The molecule has 1 aromatic heterocycles. The van der Waals surface area contributed by atoms with Gasteiger partial charge in [-0.15, -0.1) is 0 Å². The molecule has 2 heterocycles. The standard InChI is InChI=1S/C23H32N4O/c1-17(2)8-9-25-21-14-20(15-24-16-21)23(28)27-12-10-26(11-13-27)22-7-5-6-18(3)19(22)4/h5-7,14-17,25H,8-13H2,1-4H3. The number of rotatable bonds is 6. The van der Waals surface area contributed by atoms with E-state index in [1.54, 1.807) is 12.4 Å². The van der Waals surface area contributed by atoms with Crippen LogP contribution in [0.3, 0.4) is 0 Å². The summed E-state index contributed by atoms with van der Waals surface area (Å²) in [5.41, 5.74) is 5.50. The molecule has 0 radical (unpaired) electrons. The fraction of sp³-hybridized carbons (Fsp3) is 0.478. The van der Waals surface area contributed by atoms with Crippen molar-refractivity contribution < 1.29 is 4.79 Å². The molecule has 0 aliphatic carbocycles. The molecule has 1 saturated heterocycles. The maximum absolute atomic E-state index is 12.9. The minimum atomic E-state index is 0.0700. The normalized spacial score (nSPS) is 14.5. The van der Waals surface area contributed by atoms with Gasteiger partial charge in [0.2, 0.25) is 0 Å². The molecule has 0 bridgehead atoms. The highest BCUT2D eigenvalue weighted by Gasteiger charge is 2.23. The molecule has 1 aliphatic rings. The molecule has 28 heavy (non-hydrogen) atoms. The lowest BCUT2D eigenvalue weighted by atomic mass is 10.1. The number of carbonyl (C=O) groups excluding carboxylic acids is 1. The molecule has 0 saturated carbocycles. The molecule has 1 fully saturated rings. The van der Waals surface area contributed by atoms with Crippen LogP contribution in [0.25, 0.3) is 0 Å². The van der Waals surface area contributed by atoms with Crippen LogP contribution in [-0.2, 0) is 0 Å². The summed E-state index contributed by atoms with van der Waals surface area (Å²) in [7, 11) is 0. The molecule has 1 aliphatic heterocycles. The number of pyridine rings is 1. The van der Waals surface area contributed by atoms with E-state index in [2.05, 4.69) is 61.1 Å². The quantitative estimate of drug-likeness (QED) is 0.819. The lowest BCUT2D eigenvalue weighted by Crippen LogP contribution is -2.49. The smallest absolute Gasteiger partial charge is 0.255 e. The van der Waals surface area contributed by atoms with Gasteiger partial charge in [-0.3, -0.25) is 9.78 Å². The van der Waals surface area contributed by atoms with Crippen molar-refractivity contribution in [1.29, 1.82) is 0 Å². The number of carbonyl (C=O) groups is 1. The fourth-order valence-electron chi connectivity index (χ4n) is 3.57. The van der Waals surface area contributed by atoms with Gasteiger partial charge in [-0.25, -0.2) is 0 Å². The minimum Gasteiger partial charge on any atom is -0.384 e. The van der Waals surface area contributed by atoms with Gasteiger partial charge >= 0.3 is 0 Å². The lowest BCUT2D eigenvalue weighted by Gasteiger charge is -2.37. The summed E-state index contributed by atoms with van der Waals surface area (Å²) < 4.78 is 0. The first-order valence-electron chi connectivity index (χ1n) is 10.2. The van der Waals surface area contributed by atoms with Crippen LogP contribution in [0.2, 0.25) is 0 Å². The third-order valence-electron chi connectivity index (χ3n) is 5.52. The van der Waals surface area contributed by atoms with Gasteiger partial charge in [0, 0.05) is 50.8 Å². The van der Waals surface area contributed by atoms with Crippen LogP contribution in [0, 0.1) is 19.8 Å². The van der Waals surface area contributed by atoms with Crippen molar-refractivity contribution in [3.63, 3.8) is 0 Å². The van der Waals surface area contributed by atoms with E-state index in [4.69, 9.17) is 0 Å². The van der Waals surface area contributed by atoms with Gasteiger partial charge in [0.1, 0.15) is 0 Å². The average molecular weight is 381 g/mol. The molecular weight excluding hydrogens is 348 g/mol. The molecule has 1 aromatic carbocycles. The van der Waals surface area contributed by atoms with E-state index in [0.717, 1.165) is 44.8 Å². The molecule has 2 aromatic rings.